The van der Waals surface area contributed by atoms with Gasteiger partial charge in [-0.2, -0.15) is 5.10 Å². The molecule has 2 aromatic heterocycles. The summed E-state index contributed by atoms with van der Waals surface area (Å²) in [5, 5.41) is 9.91. The van der Waals surface area contributed by atoms with Crippen LogP contribution in [0.25, 0.3) is 5.69 Å². The maximum Gasteiger partial charge on any atom is 0.123 e. The summed E-state index contributed by atoms with van der Waals surface area (Å²) in [5.74, 6) is -0.243. The highest BCUT2D eigenvalue weighted by Crippen LogP contribution is 2.20. The SMILES string of the molecule is Cc1c([C@H](C)NCc2cscn2)cnn1-c1ccc(F)cc1. The van der Waals surface area contributed by atoms with Crippen molar-refractivity contribution in [2.75, 3.05) is 0 Å². The van der Waals surface area contributed by atoms with E-state index in [1.807, 2.05) is 28.7 Å². The molecule has 0 fully saturated rings. The molecule has 6 heteroatoms. The molecular formula is C16H17FN4S. The van der Waals surface area contributed by atoms with Gasteiger partial charge in [-0.1, -0.05) is 0 Å². The Morgan fingerprint density at radius 1 is 1.32 bits per heavy atom. The normalized spacial score (nSPS) is 12.5. The molecule has 22 heavy (non-hydrogen) atoms. The van der Waals surface area contributed by atoms with Crippen LogP contribution in [0.1, 0.15) is 29.9 Å². The second kappa shape index (κ2) is 6.37. The van der Waals surface area contributed by atoms with Crippen LogP contribution in [-0.2, 0) is 6.54 Å². The monoisotopic (exact) mass is 316 g/mol. The van der Waals surface area contributed by atoms with E-state index >= 15 is 0 Å². The molecule has 3 rings (SSSR count). The van der Waals surface area contributed by atoms with Crippen molar-refractivity contribution in [3.63, 3.8) is 0 Å². The van der Waals surface area contributed by atoms with Crippen LogP contribution in [0.2, 0.25) is 0 Å². The maximum absolute atomic E-state index is 13.0. The number of hydrogen-bond donors (Lipinski definition) is 1. The third-order valence-corrected chi connectivity index (χ3v) is 4.29. The van der Waals surface area contributed by atoms with Gasteiger partial charge in [0.05, 0.1) is 23.1 Å². The minimum absolute atomic E-state index is 0.163. The molecule has 0 saturated heterocycles. The summed E-state index contributed by atoms with van der Waals surface area (Å²) in [4.78, 5) is 4.27. The Bertz CT molecular complexity index is 734. The van der Waals surface area contributed by atoms with Crippen LogP contribution in [0.4, 0.5) is 4.39 Å². The summed E-state index contributed by atoms with van der Waals surface area (Å²) in [6.45, 7) is 4.85. The van der Waals surface area contributed by atoms with Crippen LogP contribution in [0, 0.1) is 12.7 Å². The molecule has 0 unspecified atom stereocenters. The first-order valence-electron chi connectivity index (χ1n) is 7.06. The summed E-state index contributed by atoms with van der Waals surface area (Å²) in [5.41, 5.74) is 5.90. The zero-order chi connectivity index (χ0) is 15.5. The van der Waals surface area contributed by atoms with Gasteiger partial charge in [0.25, 0.3) is 0 Å². The van der Waals surface area contributed by atoms with Gasteiger partial charge < -0.3 is 5.32 Å². The summed E-state index contributed by atoms with van der Waals surface area (Å²) in [7, 11) is 0. The number of aromatic nitrogens is 3. The van der Waals surface area contributed by atoms with Gasteiger partial charge in [-0.3, -0.25) is 0 Å². The highest BCUT2D eigenvalue weighted by atomic mass is 32.1. The Hall–Kier alpha value is -2.05. The number of nitrogens with zero attached hydrogens (tertiary/aromatic N) is 3. The molecule has 3 aromatic rings. The fraction of sp³-hybridized carbons (Fsp3) is 0.250. The third kappa shape index (κ3) is 3.08. The summed E-state index contributed by atoms with van der Waals surface area (Å²) in [6, 6.07) is 6.51. The number of benzene rings is 1. The Labute approximate surface area is 132 Å². The molecular weight excluding hydrogens is 299 g/mol. The van der Waals surface area contributed by atoms with Crippen LogP contribution in [0.15, 0.2) is 41.4 Å². The molecule has 0 radical (unpaired) electrons. The van der Waals surface area contributed by atoms with E-state index in [4.69, 9.17) is 0 Å². The van der Waals surface area contributed by atoms with Crippen LogP contribution in [0.3, 0.4) is 0 Å². The van der Waals surface area contributed by atoms with E-state index < -0.39 is 0 Å². The highest BCUT2D eigenvalue weighted by Gasteiger charge is 2.14. The number of rotatable bonds is 5. The molecule has 1 N–H and O–H groups in total. The minimum Gasteiger partial charge on any atom is -0.304 e. The van der Waals surface area contributed by atoms with Crippen molar-refractivity contribution in [3.8, 4) is 5.69 Å². The fourth-order valence-corrected chi connectivity index (χ4v) is 2.94. The van der Waals surface area contributed by atoms with Gasteiger partial charge in [0, 0.05) is 29.2 Å². The van der Waals surface area contributed by atoms with Crippen LogP contribution in [0.5, 0.6) is 0 Å². The van der Waals surface area contributed by atoms with E-state index in [-0.39, 0.29) is 11.9 Å². The molecule has 0 aliphatic carbocycles. The smallest absolute Gasteiger partial charge is 0.123 e. The number of thiazole rings is 1. The molecule has 4 nitrogen and oxygen atoms in total. The molecule has 2 heterocycles. The standard InChI is InChI=1S/C16H17FN4S/c1-11(18-7-14-9-22-10-19-14)16-8-20-21(12(16)2)15-5-3-13(17)4-6-15/h3-6,8-11,18H,7H2,1-2H3/t11-/m0/s1. The molecule has 0 amide bonds. The van der Waals surface area contributed by atoms with E-state index in [1.54, 1.807) is 23.5 Å². The number of halogens is 1. The molecule has 0 aliphatic heterocycles. The predicted molar refractivity (Wildman–Crippen MR) is 85.6 cm³/mol. The van der Waals surface area contributed by atoms with Crippen molar-refractivity contribution in [1.82, 2.24) is 20.1 Å². The first kappa shape index (κ1) is 14.9. The Balaban J connectivity index is 1.76. The van der Waals surface area contributed by atoms with Crippen molar-refractivity contribution in [2.45, 2.75) is 26.4 Å². The number of hydrogen-bond acceptors (Lipinski definition) is 4. The van der Waals surface area contributed by atoms with E-state index in [9.17, 15) is 4.39 Å². The molecule has 1 aromatic carbocycles. The first-order chi connectivity index (χ1) is 10.6. The van der Waals surface area contributed by atoms with E-state index in [0.29, 0.717) is 0 Å². The highest BCUT2D eigenvalue weighted by molar-refractivity contribution is 7.07. The Kier molecular flexibility index (Phi) is 4.31. The Morgan fingerprint density at radius 2 is 2.09 bits per heavy atom. The molecule has 0 aliphatic rings. The molecule has 0 saturated carbocycles. The third-order valence-electron chi connectivity index (χ3n) is 3.66. The van der Waals surface area contributed by atoms with Crippen LogP contribution >= 0.6 is 11.3 Å². The lowest BCUT2D eigenvalue weighted by atomic mass is 10.1. The van der Waals surface area contributed by atoms with Gasteiger partial charge >= 0.3 is 0 Å². The second-order valence-corrected chi connectivity index (χ2v) is 5.87. The van der Waals surface area contributed by atoms with Crippen molar-refractivity contribution >= 4 is 11.3 Å². The molecule has 114 valence electrons. The summed E-state index contributed by atoms with van der Waals surface area (Å²) in [6.07, 6.45) is 1.86. The lowest BCUT2D eigenvalue weighted by molar-refractivity contribution is 0.566. The summed E-state index contributed by atoms with van der Waals surface area (Å²) >= 11 is 1.59. The molecule has 1 atom stereocenters. The van der Waals surface area contributed by atoms with Gasteiger partial charge in [-0.25, -0.2) is 14.1 Å². The second-order valence-electron chi connectivity index (χ2n) is 5.16. The predicted octanol–water partition coefficient (Wildman–Crippen LogP) is 3.63. The maximum atomic E-state index is 13.0. The zero-order valence-corrected chi connectivity index (χ0v) is 13.3. The topological polar surface area (TPSA) is 42.7 Å². The quantitative estimate of drug-likeness (QED) is 0.781. The van der Waals surface area contributed by atoms with Crippen LogP contribution in [-0.4, -0.2) is 14.8 Å². The minimum atomic E-state index is -0.243. The molecule has 0 spiro atoms. The first-order valence-corrected chi connectivity index (χ1v) is 8.00. The average Bonchev–Trinajstić information content (AvgIpc) is 3.15. The van der Waals surface area contributed by atoms with Crippen molar-refractivity contribution in [3.05, 3.63) is 64.1 Å². The fourth-order valence-electron chi connectivity index (χ4n) is 2.38. The molecule has 0 bridgehead atoms. The lowest BCUT2D eigenvalue weighted by Crippen LogP contribution is -2.18. The van der Waals surface area contributed by atoms with Crippen molar-refractivity contribution in [1.29, 1.82) is 0 Å². The van der Waals surface area contributed by atoms with Gasteiger partial charge in [-0.15, -0.1) is 11.3 Å². The van der Waals surface area contributed by atoms with Crippen LogP contribution < -0.4 is 5.32 Å². The number of nitrogens with one attached hydrogen (secondary N) is 1. The van der Waals surface area contributed by atoms with Crippen molar-refractivity contribution in [2.24, 2.45) is 0 Å². The van der Waals surface area contributed by atoms with Gasteiger partial charge in [0.2, 0.25) is 0 Å². The average molecular weight is 316 g/mol. The Morgan fingerprint density at radius 3 is 2.77 bits per heavy atom. The van der Waals surface area contributed by atoms with E-state index in [2.05, 4.69) is 22.3 Å². The van der Waals surface area contributed by atoms with Gasteiger partial charge in [-0.05, 0) is 38.1 Å². The van der Waals surface area contributed by atoms with Gasteiger partial charge in [0.15, 0.2) is 0 Å². The van der Waals surface area contributed by atoms with Gasteiger partial charge in [0.1, 0.15) is 5.82 Å². The van der Waals surface area contributed by atoms with E-state index in [1.165, 1.54) is 12.1 Å². The zero-order valence-electron chi connectivity index (χ0n) is 12.5. The van der Waals surface area contributed by atoms with E-state index in [0.717, 1.165) is 29.2 Å². The largest absolute Gasteiger partial charge is 0.304 e. The lowest BCUT2D eigenvalue weighted by Gasteiger charge is -2.13. The summed E-state index contributed by atoms with van der Waals surface area (Å²) < 4.78 is 14.9. The van der Waals surface area contributed by atoms with Crippen molar-refractivity contribution < 1.29 is 4.39 Å².